The number of nitrogens with one attached hydrogen (secondary N) is 1. The summed E-state index contributed by atoms with van der Waals surface area (Å²) >= 11 is 0. The van der Waals surface area contributed by atoms with Crippen molar-refractivity contribution < 1.29 is 14.0 Å². The zero-order valence-corrected chi connectivity index (χ0v) is 14.2. The van der Waals surface area contributed by atoms with Crippen molar-refractivity contribution in [1.82, 2.24) is 15.1 Å². The molecule has 130 valence electrons. The van der Waals surface area contributed by atoms with Gasteiger partial charge >= 0.3 is 6.03 Å². The lowest BCUT2D eigenvalue weighted by Crippen LogP contribution is -2.40. The Kier molecular flexibility index (Phi) is 4.58. The molecule has 0 bridgehead atoms. The van der Waals surface area contributed by atoms with Crippen LogP contribution in [0.1, 0.15) is 44.7 Å². The van der Waals surface area contributed by atoms with Crippen molar-refractivity contribution in [3.05, 3.63) is 35.6 Å². The molecule has 6 heteroatoms. The molecular formula is C18H24FN3O2. The van der Waals surface area contributed by atoms with E-state index in [2.05, 4.69) is 10.2 Å². The van der Waals surface area contributed by atoms with Gasteiger partial charge in [-0.05, 0) is 57.4 Å². The Morgan fingerprint density at radius 1 is 1.21 bits per heavy atom. The fourth-order valence-electron chi connectivity index (χ4n) is 3.61. The molecule has 0 unspecified atom stereocenters. The number of nitrogens with zero attached hydrogens (tertiary/aromatic N) is 2. The van der Waals surface area contributed by atoms with Crippen LogP contribution in [0.3, 0.4) is 0 Å². The molecule has 2 aliphatic rings. The van der Waals surface area contributed by atoms with E-state index < -0.39 is 5.54 Å². The SMILES string of the molecule is CC1(C)NC(=O)N(CCCN2CCC[C@@H]2c2ccc(F)cc2)C1=O. The van der Waals surface area contributed by atoms with Crippen molar-refractivity contribution in [3.8, 4) is 0 Å². The fourth-order valence-corrected chi connectivity index (χ4v) is 3.61. The van der Waals surface area contributed by atoms with E-state index in [9.17, 15) is 14.0 Å². The van der Waals surface area contributed by atoms with E-state index in [0.717, 1.165) is 37.9 Å². The Bertz CT molecular complexity index is 630. The van der Waals surface area contributed by atoms with Gasteiger partial charge in [0.2, 0.25) is 0 Å². The molecule has 1 N–H and O–H groups in total. The number of likely N-dealkylation sites (tertiary alicyclic amines) is 1. The van der Waals surface area contributed by atoms with Gasteiger partial charge in [-0.25, -0.2) is 9.18 Å². The summed E-state index contributed by atoms with van der Waals surface area (Å²) in [7, 11) is 0. The standard InChI is InChI=1S/C18H24FN3O2/c1-18(2)16(23)22(17(24)20-18)12-4-11-21-10-3-5-15(21)13-6-8-14(19)9-7-13/h6-9,15H,3-5,10-12H2,1-2H3,(H,20,24)/t15-/m1/s1. The van der Waals surface area contributed by atoms with Crippen LogP contribution in [0.4, 0.5) is 9.18 Å². The first-order chi connectivity index (χ1) is 11.4. The maximum atomic E-state index is 13.1. The van der Waals surface area contributed by atoms with Crippen LogP contribution < -0.4 is 5.32 Å². The minimum atomic E-state index is -0.804. The van der Waals surface area contributed by atoms with E-state index in [1.54, 1.807) is 13.8 Å². The Balaban J connectivity index is 1.55. The Hall–Kier alpha value is -1.95. The number of hydrogen-bond donors (Lipinski definition) is 1. The lowest BCUT2D eigenvalue weighted by Gasteiger charge is -2.25. The molecule has 2 heterocycles. The molecule has 1 aromatic carbocycles. The molecule has 0 saturated carbocycles. The monoisotopic (exact) mass is 333 g/mol. The number of rotatable bonds is 5. The van der Waals surface area contributed by atoms with Gasteiger partial charge in [0, 0.05) is 19.1 Å². The van der Waals surface area contributed by atoms with Crippen molar-refractivity contribution in [3.63, 3.8) is 0 Å². The first-order valence-corrected chi connectivity index (χ1v) is 8.52. The van der Waals surface area contributed by atoms with E-state index in [1.807, 2.05) is 12.1 Å². The van der Waals surface area contributed by atoms with Crippen LogP contribution in [0.2, 0.25) is 0 Å². The third-order valence-electron chi connectivity index (χ3n) is 4.89. The highest BCUT2D eigenvalue weighted by atomic mass is 19.1. The topological polar surface area (TPSA) is 52.7 Å². The Labute approximate surface area is 141 Å². The first-order valence-electron chi connectivity index (χ1n) is 8.52. The molecule has 3 rings (SSSR count). The lowest BCUT2D eigenvalue weighted by atomic mass is 10.0. The number of imide groups is 1. The summed E-state index contributed by atoms with van der Waals surface area (Å²) in [4.78, 5) is 27.7. The molecule has 2 saturated heterocycles. The fraction of sp³-hybridized carbons (Fsp3) is 0.556. The summed E-state index contributed by atoms with van der Waals surface area (Å²) in [5.41, 5.74) is 0.325. The van der Waals surface area contributed by atoms with Crippen LogP contribution in [0.15, 0.2) is 24.3 Å². The van der Waals surface area contributed by atoms with E-state index >= 15 is 0 Å². The van der Waals surface area contributed by atoms with Crippen LogP contribution in [-0.4, -0.2) is 46.9 Å². The van der Waals surface area contributed by atoms with Crippen LogP contribution >= 0.6 is 0 Å². The molecule has 0 spiro atoms. The molecule has 0 aliphatic carbocycles. The molecule has 2 fully saturated rings. The van der Waals surface area contributed by atoms with Gasteiger partial charge in [0.1, 0.15) is 11.4 Å². The van der Waals surface area contributed by atoms with Gasteiger partial charge in [-0.2, -0.15) is 0 Å². The summed E-state index contributed by atoms with van der Waals surface area (Å²) in [5.74, 6) is -0.381. The highest BCUT2D eigenvalue weighted by molar-refractivity contribution is 6.06. The Morgan fingerprint density at radius 2 is 1.92 bits per heavy atom. The molecule has 24 heavy (non-hydrogen) atoms. The van der Waals surface area contributed by atoms with Crippen LogP contribution in [0, 0.1) is 5.82 Å². The summed E-state index contributed by atoms with van der Waals surface area (Å²) in [6.45, 7) is 5.69. The van der Waals surface area contributed by atoms with Gasteiger partial charge in [-0.3, -0.25) is 14.6 Å². The molecule has 0 aromatic heterocycles. The van der Waals surface area contributed by atoms with E-state index in [4.69, 9.17) is 0 Å². The minimum Gasteiger partial charge on any atom is -0.324 e. The number of urea groups is 1. The zero-order valence-electron chi connectivity index (χ0n) is 14.2. The second-order valence-corrected chi connectivity index (χ2v) is 7.11. The largest absolute Gasteiger partial charge is 0.325 e. The molecule has 3 amide bonds. The normalized spacial score (nSPS) is 23.8. The zero-order chi connectivity index (χ0) is 17.3. The smallest absolute Gasteiger partial charge is 0.324 e. The van der Waals surface area contributed by atoms with Crippen LogP contribution in [0.5, 0.6) is 0 Å². The lowest BCUT2D eigenvalue weighted by molar-refractivity contribution is -0.130. The van der Waals surface area contributed by atoms with E-state index in [1.165, 1.54) is 17.0 Å². The predicted molar refractivity (Wildman–Crippen MR) is 88.9 cm³/mol. The molecule has 1 aromatic rings. The average molecular weight is 333 g/mol. The number of benzene rings is 1. The quantitative estimate of drug-likeness (QED) is 0.843. The summed E-state index contributed by atoms with van der Waals surface area (Å²) in [6, 6.07) is 6.69. The molecule has 5 nitrogen and oxygen atoms in total. The van der Waals surface area contributed by atoms with Crippen LogP contribution in [-0.2, 0) is 4.79 Å². The number of carbonyl (C=O) groups excluding carboxylic acids is 2. The van der Waals surface area contributed by atoms with Gasteiger partial charge in [-0.15, -0.1) is 0 Å². The number of carbonyl (C=O) groups is 2. The van der Waals surface area contributed by atoms with E-state index in [0.29, 0.717) is 12.6 Å². The molecular weight excluding hydrogens is 309 g/mol. The molecule has 1 atom stereocenters. The Morgan fingerprint density at radius 3 is 2.54 bits per heavy atom. The minimum absolute atomic E-state index is 0.163. The van der Waals surface area contributed by atoms with Crippen molar-refractivity contribution in [2.24, 2.45) is 0 Å². The van der Waals surface area contributed by atoms with Crippen molar-refractivity contribution in [1.29, 1.82) is 0 Å². The average Bonchev–Trinajstić information content (AvgIpc) is 3.06. The third-order valence-corrected chi connectivity index (χ3v) is 4.89. The first kappa shape index (κ1) is 16.9. The van der Waals surface area contributed by atoms with Gasteiger partial charge < -0.3 is 5.32 Å². The second-order valence-electron chi connectivity index (χ2n) is 7.11. The van der Waals surface area contributed by atoms with Gasteiger partial charge in [0.15, 0.2) is 0 Å². The number of halogens is 1. The highest BCUT2D eigenvalue weighted by Crippen LogP contribution is 2.32. The molecule has 0 radical (unpaired) electrons. The number of hydrogen-bond acceptors (Lipinski definition) is 3. The molecule has 2 aliphatic heterocycles. The van der Waals surface area contributed by atoms with Crippen molar-refractivity contribution in [2.45, 2.75) is 44.7 Å². The second kappa shape index (κ2) is 6.51. The highest BCUT2D eigenvalue weighted by Gasteiger charge is 2.43. The summed E-state index contributed by atoms with van der Waals surface area (Å²) in [5, 5.41) is 2.70. The maximum absolute atomic E-state index is 13.1. The van der Waals surface area contributed by atoms with Gasteiger partial charge in [0.05, 0.1) is 0 Å². The van der Waals surface area contributed by atoms with E-state index in [-0.39, 0.29) is 17.8 Å². The maximum Gasteiger partial charge on any atom is 0.325 e. The van der Waals surface area contributed by atoms with Crippen molar-refractivity contribution >= 4 is 11.9 Å². The third kappa shape index (κ3) is 3.29. The van der Waals surface area contributed by atoms with Gasteiger partial charge in [-0.1, -0.05) is 12.1 Å². The van der Waals surface area contributed by atoms with Crippen LogP contribution in [0.25, 0.3) is 0 Å². The number of amides is 3. The van der Waals surface area contributed by atoms with Crippen molar-refractivity contribution in [2.75, 3.05) is 19.6 Å². The van der Waals surface area contributed by atoms with Gasteiger partial charge in [0.25, 0.3) is 5.91 Å². The summed E-state index contributed by atoms with van der Waals surface area (Å²) < 4.78 is 13.1. The summed E-state index contributed by atoms with van der Waals surface area (Å²) in [6.07, 6.45) is 2.91. The predicted octanol–water partition coefficient (Wildman–Crippen LogP) is 2.68.